The lowest BCUT2D eigenvalue weighted by atomic mass is 10.2. The monoisotopic (exact) mass is 375 g/mol. The predicted molar refractivity (Wildman–Crippen MR) is 97.4 cm³/mol. The van der Waals surface area contributed by atoms with Crippen molar-refractivity contribution in [2.75, 3.05) is 23.4 Å². The number of anilines is 1. The first-order valence-electron chi connectivity index (χ1n) is 8.45. The topological polar surface area (TPSA) is 105 Å². The summed E-state index contributed by atoms with van der Waals surface area (Å²) in [5, 5.41) is 3.12. The van der Waals surface area contributed by atoms with Crippen LogP contribution in [-0.4, -0.2) is 58.3 Å². The van der Waals surface area contributed by atoms with Gasteiger partial charge in [0.2, 0.25) is 0 Å². The van der Waals surface area contributed by atoms with Gasteiger partial charge in [-0.25, -0.2) is 18.4 Å². The zero-order valence-electron chi connectivity index (χ0n) is 14.5. The summed E-state index contributed by atoms with van der Waals surface area (Å²) in [6, 6.07) is 6.91. The number of carbonyl (C=O) groups is 1. The average molecular weight is 375 g/mol. The summed E-state index contributed by atoms with van der Waals surface area (Å²) in [4.78, 5) is 26.8. The molecule has 3 heterocycles. The second-order valence-corrected chi connectivity index (χ2v) is 8.34. The summed E-state index contributed by atoms with van der Waals surface area (Å²) in [6.45, 7) is 2.74. The van der Waals surface area contributed by atoms with Gasteiger partial charge in [0.15, 0.2) is 9.84 Å². The van der Waals surface area contributed by atoms with Crippen molar-refractivity contribution in [3.8, 4) is 0 Å². The number of aromatic nitrogens is 3. The van der Waals surface area contributed by atoms with Gasteiger partial charge in [-0.2, -0.15) is 0 Å². The lowest BCUT2D eigenvalue weighted by Gasteiger charge is -2.26. The van der Waals surface area contributed by atoms with Crippen LogP contribution in [0, 0.1) is 0 Å². The summed E-state index contributed by atoms with van der Waals surface area (Å²) in [7, 11) is -3.06. The number of hydrogen-bond donors (Lipinski definition) is 1. The molecule has 8 nitrogen and oxygen atoms in total. The predicted octanol–water partition coefficient (Wildman–Crippen LogP) is 1.13. The van der Waals surface area contributed by atoms with E-state index in [1.54, 1.807) is 17.2 Å². The van der Waals surface area contributed by atoms with Crippen molar-refractivity contribution in [3.05, 3.63) is 48.2 Å². The van der Waals surface area contributed by atoms with E-state index in [-0.39, 0.29) is 29.1 Å². The Morgan fingerprint density at radius 2 is 2.15 bits per heavy atom. The zero-order chi connectivity index (χ0) is 18.6. The molecule has 1 aliphatic rings. The quantitative estimate of drug-likeness (QED) is 0.807. The summed E-state index contributed by atoms with van der Waals surface area (Å²) in [5.41, 5.74) is 1.10. The molecule has 0 bridgehead atoms. The molecule has 1 fully saturated rings. The second kappa shape index (κ2) is 7.77. The van der Waals surface area contributed by atoms with Crippen molar-refractivity contribution in [2.45, 2.75) is 25.9 Å². The van der Waals surface area contributed by atoms with Gasteiger partial charge < -0.3 is 10.2 Å². The lowest BCUT2D eigenvalue weighted by molar-refractivity contribution is 0.0702. The van der Waals surface area contributed by atoms with E-state index in [9.17, 15) is 13.2 Å². The fourth-order valence-corrected chi connectivity index (χ4v) is 4.72. The highest BCUT2D eigenvalue weighted by molar-refractivity contribution is 7.91. The lowest BCUT2D eigenvalue weighted by Crippen LogP contribution is -2.41. The number of carbonyl (C=O) groups excluding carboxylic acids is 1. The van der Waals surface area contributed by atoms with Crippen molar-refractivity contribution in [1.82, 2.24) is 19.9 Å². The van der Waals surface area contributed by atoms with Crippen LogP contribution in [0.1, 0.15) is 29.5 Å². The zero-order valence-corrected chi connectivity index (χ0v) is 15.3. The first-order valence-corrected chi connectivity index (χ1v) is 10.3. The van der Waals surface area contributed by atoms with E-state index < -0.39 is 9.84 Å². The number of nitrogens with zero attached hydrogens (tertiary/aromatic N) is 4. The number of rotatable bonds is 6. The summed E-state index contributed by atoms with van der Waals surface area (Å²) in [5.74, 6) is 0.381. The van der Waals surface area contributed by atoms with Gasteiger partial charge in [-0.3, -0.25) is 9.78 Å². The molecule has 1 N–H and O–H groups in total. The van der Waals surface area contributed by atoms with Crippen LogP contribution in [0.4, 0.5) is 5.82 Å². The number of nitrogens with one attached hydrogen (secondary N) is 1. The normalized spacial score (nSPS) is 18.4. The van der Waals surface area contributed by atoms with Crippen LogP contribution in [-0.2, 0) is 16.4 Å². The third-order valence-corrected chi connectivity index (χ3v) is 6.06. The minimum Gasteiger partial charge on any atom is -0.364 e. The Bertz CT molecular complexity index is 873. The van der Waals surface area contributed by atoms with Crippen LogP contribution < -0.4 is 5.32 Å². The molecule has 0 aliphatic carbocycles. The van der Waals surface area contributed by atoms with Gasteiger partial charge in [0.05, 0.1) is 23.7 Å². The van der Waals surface area contributed by atoms with E-state index in [0.717, 1.165) is 5.69 Å². The molecule has 1 atom stereocenters. The molecule has 0 aromatic carbocycles. The standard InChI is InChI=1S/C17H21N5O3S/c1-2-22(14-6-8-26(24,25)11-14)17(23)15-9-16(21-12-20-15)19-10-13-5-3-4-7-18-13/h3-5,7,9,12,14H,2,6,8,10-11H2,1H3,(H,19,20,21). The highest BCUT2D eigenvalue weighted by Crippen LogP contribution is 2.20. The summed E-state index contributed by atoms with van der Waals surface area (Å²) < 4.78 is 23.4. The summed E-state index contributed by atoms with van der Waals surface area (Å²) >= 11 is 0. The molecule has 0 radical (unpaired) electrons. The Morgan fingerprint density at radius 1 is 1.31 bits per heavy atom. The van der Waals surface area contributed by atoms with E-state index in [1.807, 2.05) is 25.1 Å². The largest absolute Gasteiger partial charge is 0.364 e. The third kappa shape index (κ3) is 4.34. The van der Waals surface area contributed by atoms with Gasteiger partial charge in [0.25, 0.3) is 5.91 Å². The Morgan fingerprint density at radius 3 is 2.81 bits per heavy atom. The maximum atomic E-state index is 12.8. The second-order valence-electron chi connectivity index (χ2n) is 6.11. The van der Waals surface area contributed by atoms with Crippen LogP contribution in [0.5, 0.6) is 0 Å². The van der Waals surface area contributed by atoms with E-state index in [4.69, 9.17) is 0 Å². The van der Waals surface area contributed by atoms with Crippen LogP contribution in [0.15, 0.2) is 36.8 Å². The average Bonchev–Trinajstić information content (AvgIpc) is 3.01. The minimum absolute atomic E-state index is 0.0163. The van der Waals surface area contributed by atoms with Crippen LogP contribution in [0.3, 0.4) is 0 Å². The maximum Gasteiger partial charge on any atom is 0.272 e. The summed E-state index contributed by atoms with van der Waals surface area (Å²) in [6.07, 6.45) is 3.51. The van der Waals surface area contributed by atoms with Crippen LogP contribution >= 0.6 is 0 Å². The van der Waals surface area contributed by atoms with Crippen molar-refractivity contribution < 1.29 is 13.2 Å². The first-order chi connectivity index (χ1) is 12.5. The SMILES string of the molecule is CCN(C(=O)c1cc(NCc2ccccn2)ncn1)C1CCS(=O)(=O)C1. The molecular weight excluding hydrogens is 354 g/mol. The van der Waals surface area contributed by atoms with E-state index in [1.165, 1.54) is 6.33 Å². The van der Waals surface area contributed by atoms with Gasteiger partial charge in [0, 0.05) is 24.8 Å². The number of amides is 1. The number of hydrogen-bond acceptors (Lipinski definition) is 7. The molecule has 1 saturated heterocycles. The van der Waals surface area contributed by atoms with Gasteiger partial charge in [0.1, 0.15) is 17.8 Å². The van der Waals surface area contributed by atoms with Crippen molar-refractivity contribution in [3.63, 3.8) is 0 Å². The molecular formula is C17H21N5O3S. The minimum atomic E-state index is -3.06. The van der Waals surface area contributed by atoms with Gasteiger partial charge in [-0.1, -0.05) is 6.07 Å². The molecule has 1 amide bonds. The molecule has 1 aliphatic heterocycles. The van der Waals surface area contributed by atoms with E-state index >= 15 is 0 Å². The number of sulfone groups is 1. The molecule has 2 aromatic rings. The van der Waals surface area contributed by atoms with Gasteiger partial charge >= 0.3 is 0 Å². The van der Waals surface area contributed by atoms with Crippen molar-refractivity contribution in [2.24, 2.45) is 0 Å². The fourth-order valence-electron chi connectivity index (χ4n) is 2.99. The molecule has 0 saturated carbocycles. The Kier molecular flexibility index (Phi) is 5.46. The first kappa shape index (κ1) is 18.2. The van der Waals surface area contributed by atoms with Crippen LogP contribution in [0.25, 0.3) is 0 Å². The Labute approximate surface area is 152 Å². The van der Waals surface area contributed by atoms with Crippen molar-refractivity contribution in [1.29, 1.82) is 0 Å². The maximum absolute atomic E-state index is 12.8. The number of pyridine rings is 1. The Hall–Kier alpha value is -2.55. The molecule has 0 spiro atoms. The highest BCUT2D eigenvalue weighted by Gasteiger charge is 2.34. The molecule has 3 rings (SSSR count). The molecule has 26 heavy (non-hydrogen) atoms. The van der Waals surface area contributed by atoms with E-state index in [2.05, 4.69) is 20.3 Å². The molecule has 9 heteroatoms. The van der Waals surface area contributed by atoms with Crippen LogP contribution in [0.2, 0.25) is 0 Å². The smallest absolute Gasteiger partial charge is 0.272 e. The third-order valence-electron chi connectivity index (χ3n) is 4.31. The Balaban J connectivity index is 1.71. The molecule has 2 aromatic heterocycles. The van der Waals surface area contributed by atoms with Gasteiger partial charge in [-0.05, 0) is 25.5 Å². The highest BCUT2D eigenvalue weighted by atomic mass is 32.2. The van der Waals surface area contributed by atoms with Crippen molar-refractivity contribution >= 4 is 21.6 Å². The van der Waals surface area contributed by atoms with Gasteiger partial charge in [-0.15, -0.1) is 0 Å². The fraction of sp³-hybridized carbons (Fsp3) is 0.412. The molecule has 138 valence electrons. The van der Waals surface area contributed by atoms with E-state index in [0.29, 0.717) is 25.3 Å². The molecule has 1 unspecified atom stereocenters.